The number of carbonyl (C=O) groups excluding carboxylic acids is 1. The topological polar surface area (TPSA) is 45.2 Å². The van der Waals surface area contributed by atoms with Gasteiger partial charge in [-0.15, -0.1) is 0 Å². The van der Waals surface area contributed by atoms with E-state index in [1.54, 1.807) is 6.20 Å². The molecule has 0 radical (unpaired) electrons. The second kappa shape index (κ2) is 8.01. The zero-order valence-corrected chi connectivity index (χ0v) is 13.3. The standard InChI is InChI=1S/C17H27N3O/c1-3-20(4-2)16-11-14(12-18-13-16)17(21)19-15-9-7-5-6-8-10-15/h11-13,15H,3-10H2,1-2H3,(H,19,21). The van der Waals surface area contributed by atoms with Crippen molar-refractivity contribution in [3.05, 3.63) is 24.0 Å². The molecule has 0 atom stereocenters. The van der Waals surface area contributed by atoms with Crippen molar-refractivity contribution in [2.24, 2.45) is 0 Å². The molecule has 4 heteroatoms. The molecule has 4 nitrogen and oxygen atoms in total. The van der Waals surface area contributed by atoms with Crippen LogP contribution < -0.4 is 10.2 Å². The van der Waals surface area contributed by atoms with Crippen LogP contribution in [0.2, 0.25) is 0 Å². The van der Waals surface area contributed by atoms with E-state index in [1.807, 2.05) is 12.3 Å². The highest BCUT2D eigenvalue weighted by Gasteiger charge is 2.16. The Labute approximate surface area is 127 Å². The van der Waals surface area contributed by atoms with Gasteiger partial charge in [-0.3, -0.25) is 9.78 Å². The summed E-state index contributed by atoms with van der Waals surface area (Å²) in [7, 11) is 0. The molecule has 1 heterocycles. The van der Waals surface area contributed by atoms with Crippen molar-refractivity contribution >= 4 is 11.6 Å². The van der Waals surface area contributed by atoms with Gasteiger partial charge in [0.1, 0.15) is 0 Å². The summed E-state index contributed by atoms with van der Waals surface area (Å²) >= 11 is 0. The van der Waals surface area contributed by atoms with Gasteiger partial charge in [0.05, 0.1) is 17.4 Å². The maximum Gasteiger partial charge on any atom is 0.253 e. The normalized spacial score (nSPS) is 16.3. The van der Waals surface area contributed by atoms with Gasteiger partial charge >= 0.3 is 0 Å². The van der Waals surface area contributed by atoms with Gasteiger partial charge < -0.3 is 10.2 Å². The van der Waals surface area contributed by atoms with Crippen LogP contribution in [-0.4, -0.2) is 30.0 Å². The zero-order valence-electron chi connectivity index (χ0n) is 13.3. The number of carbonyl (C=O) groups is 1. The summed E-state index contributed by atoms with van der Waals surface area (Å²) < 4.78 is 0. The number of hydrogen-bond acceptors (Lipinski definition) is 3. The molecule has 0 aliphatic heterocycles. The molecule has 21 heavy (non-hydrogen) atoms. The molecule has 1 amide bonds. The summed E-state index contributed by atoms with van der Waals surface area (Å²) in [5.41, 5.74) is 1.69. The summed E-state index contributed by atoms with van der Waals surface area (Å²) in [6.45, 7) is 6.07. The Morgan fingerprint density at radius 2 is 1.86 bits per heavy atom. The Bertz CT molecular complexity index is 449. The molecule has 1 aliphatic carbocycles. The first-order valence-corrected chi connectivity index (χ1v) is 8.25. The van der Waals surface area contributed by atoms with Crippen molar-refractivity contribution in [1.29, 1.82) is 0 Å². The van der Waals surface area contributed by atoms with Crippen molar-refractivity contribution in [1.82, 2.24) is 10.3 Å². The molecule has 1 aliphatic rings. The average Bonchev–Trinajstić information content (AvgIpc) is 2.77. The van der Waals surface area contributed by atoms with Gasteiger partial charge in [0.2, 0.25) is 0 Å². The summed E-state index contributed by atoms with van der Waals surface area (Å²) in [6, 6.07) is 2.28. The second-order valence-corrected chi connectivity index (χ2v) is 5.77. The molecule has 0 unspecified atom stereocenters. The molecule has 1 aromatic heterocycles. The van der Waals surface area contributed by atoms with Crippen LogP contribution in [0, 0.1) is 0 Å². The summed E-state index contributed by atoms with van der Waals surface area (Å²) in [5, 5.41) is 3.18. The Morgan fingerprint density at radius 3 is 2.48 bits per heavy atom. The van der Waals surface area contributed by atoms with E-state index in [1.165, 1.54) is 25.7 Å². The van der Waals surface area contributed by atoms with Gasteiger partial charge in [0.25, 0.3) is 5.91 Å². The molecule has 1 aromatic rings. The van der Waals surface area contributed by atoms with Gasteiger partial charge in [-0.25, -0.2) is 0 Å². The van der Waals surface area contributed by atoms with E-state index in [0.717, 1.165) is 31.6 Å². The lowest BCUT2D eigenvalue weighted by atomic mass is 10.1. The number of pyridine rings is 1. The third-order valence-electron chi connectivity index (χ3n) is 4.30. The molecule has 0 aromatic carbocycles. The molecular formula is C17H27N3O. The third-order valence-corrected chi connectivity index (χ3v) is 4.30. The van der Waals surface area contributed by atoms with Crippen LogP contribution in [0.15, 0.2) is 18.5 Å². The first-order chi connectivity index (χ1) is 10.2. The van der Waals surface area contributed by atoms with Crippen LogP contribution in [0.1, 0.15) is 62.7 Å². The minimum atomic E-state index is 0.0170. The van der Waals surface area contributed by atoms with Gasteiger partial charge in [0, 0.05) is 25.3 Å². The fourth-order valence-electron chi connectivity index (χ4n) is 3.01. The summed E-state index contributed by atoms with van der Waals surface area (Å²) in [6.07, 6.45) is 10.8. The highest BCUT2D eigenvalue weighted by atomic mass is 16.1. The van der Waals surface area contributed by atoms with Crippen molar-refractivity contribution < 1.29 is 4.79 Å². The van der Waals surface area contributed by atoms with Crippen molar-refractivity contribution in [2.45, 2.75) is 58.4 Å². The van der Waals surface area contributed by atoms with Gasteiger partial charge in [-0.05, 0) is 32.8 Å². The molecule has 0 saturated heterocycles. The van der Waals surface area contributed by atoms with Gasteiger partial charge in [-0.2, -0.15) is 0 Å². The predicted octanol–water partition coefficient (Wildman–Crippen LogP) is 3.38. The summed E-state index contributed by atoms with van der Waals surface area (Å²) in [5.74, 6) is 0.0170. The Morgan fingerprint density at radius 1 is 1.19 bits per heavy atom. The predicted molar refractivity (Wildman–Crippen MR) is 86.8 cm³/mol. The number of anilines is 1. The van der Waals surface area contributed by atoms with Crippen LogP contribution >= 0.6 is 0 Å². The fraction of sp³-hybridized carbons (Fsp3) is 0.647. The fourth-order valence-corrected chi connectivity index (χ4v) is 3.01. The Hall–Kier alpha value is -1.58. The first kappa shape index (κ1) is 15.8. The highest BCUT2D eigenvalue weighted by molar-refractivity contribution is 5.94. The number of amides is 1. The highest BCUT2D eigenvalue weighted by Crippen LogP contribution is 2.18. The average molecular weight is 289 g/mol. The van der Waals surface area contributed by atoms with Crippen LogP contribution in [0.5, 0.6) is 0 Å². The molecule has 0 spiro atoms. The van der Waals surface area contributed by atoms with Crippen molar-refractivity contribution in [2.75, 3.05) is 18.0 Å². The second-order valence-electron chi connectivity index (χ2n) is 5.77. The number of rotatable bonds is 5. The molecule has 0 bridgehead atoms. The molecule has 1 fully saturated rings. The van der Waals surface area contributed by atoms with Crippen LogP contribution in [0.3, 0.4) is 0 Å². The minimum absolute atomic E-state index is 0.0170. The van der Waals surface area contributed by atoms with Crippen molar-refractivity contribution in [3.63, 3.8) is 0 Å². The number of hydrogen-bond donors (Lipinski definition) is 1. The smallest absolute Gasteiger partial charge is 0.253 e. The molecule has 1 saturated carbocycles. The van der Waals surface area contributed by atoms with E-state index >= 15 is 0 Å². The monoisotopic (exact) mass is 289 g/mol. The molecular weight excluding hydrogens is 262 g/mol. The van der Waals surface area contributed by atoms with E-state index in [-0.39, 0.29) is 5.91 Å². The minimum Gasteiger partial charge on any atom is -0.371 e. The van der Waals surface area contributed by atoms with E-state index in [0.29, 0.717) is 11.6 Å². The van der Waals surface area contributed by atoms with Crippen molar-refractivity contribution in [3.8, 4) is 0 Å². The lowest BCUT2D eigenvalue weighted by Gasteiger charge is -2.21. The van der Waals surface area contributed by atoms with E-state index in [4.69, 9.17) is 0 Å². The molecule has 2 rings (SSSR count). The SMILES string of the molecule is CCN(CC)c1cncc(C(=O)NC2CCCCCC2)c1. The lowest BCUT2D eigenvalue weighted by molar-refractivity contribution is 0.0933. The largest absolute Gasteiger partial charge is 0.371 e. The van der Waals surface area contributed by atoms with E-state index in [9.17, 15) is 4.79 Å². The van der Waals surface area contributed by atoms with Gasteiger partial charge in [-0.1, -0.05) is 25.7 Å². The number of aromatic nitrogens is 1. The maximum atomic E-state index is 12.4. The lowest BCUT2D eigenvalue weighted by Crippen LogP contribution is -2.34. The van der Waals surface area contributed by atoms with Crippen LogP contribution in [-0.2, 0) is 0 Å². The molecule has 116 valence electrons. The van der Waals surface area contributed by atoms with Crippen LogP contribution in [0.4, 0.5) is 5.69 Å². The Kier molecular flexibility index (Phi) is 6.03. The quantitative estimate of drug-likeness (QED) is 0.845. The third kappa shape index (κ3) is 4.45. The van der Waals surface area contributed by atoms with E-state index in [2.05, 4.69) is 29.0 Å². The van der Waals surface area contributed by atoms with Crippen LogP contribution in [0.25, 0.3) is 0 Å². The summed E-state index contributed by atoms with van der Waals surface area (Å²) in [4.78, 5) is 18.8. The van der Waals surface area contributed by atoms with Gasteiger partial charge in [0.15, 0.2) is 0 Å². The molecule has 1 N–H and O–H groups in total. The number of nitrogens with zero attached hydrogens (tertiary/aromatic N) is 2. The number of nitrogens with one attached hydrogen (secondary N) is 1. The first-order valence-electron chi connectivity index (χ1n) is 8.25. The zero-order chi connectivity index (χ0) is 15.1. The Balaban J connectivity index is 2.03. The van der Waals surface area contributed by atoms with E-state index < -0.39 is 0 Å². The maximum absolute atomic E-state index is 12.4.